The molecule has 1 aromatic carbocycles. The van der Waals surface area contributed by atoms with Crippen LogP contribution in [0.5, 0.6) is 0 Å². The molecule has 5 N–H and O–H groups in total. The molecule has 10 nitrogen and oxygen atoms in total. The first-order valence-corrected chi connectivity index (χ1v) is 9.48. The molecule has 1 aliphatic rings. The highest BCUT2D eigenvalue weighted by Crippen LogP contribution is 2.18. The number of halogens is 3. The van der Waals surface area contributed by atoms with Crippen LogP contribution in [0.25, 0.3) is 0 Å². The number of hydrogen-bond donors (Lipinski definition) is 4. The molecule has 0 radical (unpaired) electrons. The topological polar surface area (TPSA) is 159 Å². The number of amides is 2. The highest BCUT2D eigenvalue weighted by atomic mass is 19.4. The number of ether oxygens (including phenoxy) is 1. The highest BCUT2D eigenvalue weighted by molar-refractivity contribution is 5.89. The fourth-order valence-electron chi connectivity index (χ4n) is 2.78. The molecule has 1 heterocycles. The number of likely N-dealkylation sites (tertiary alicyclic amines) is 1. The van der Waals surface area contributed by atoms with Crippen molar-refractivity contribution in [3.05, 3.63) is 35.9 Å². The number of carbonyl (C=O) groups is 4. The molecule has 0 aromatic heterocycles. The van der Waals surface area contributed by atoms with Gasteiger partial charge in [0.1, 0.15) is 18.7 Å². The molecule has 13 heteroatoms. The third kappa shape index (κ3) is 8.79. The Morgan fingerprint density at radius 2 is 1.75 bits per heavy atom. The second-order valence-corrected chi connectivity index (χ2v) is 6.68. The maximum absolute atomic E-state index is 12.6. The van der Waals surface area contributed by atoms with E-state index >= 15 is 0 Å². The number of rotatable bonds is 6. The van der Waals surface area contributed by atoms with Crippen LogP contribution < -0.4 is 11.1 Å². The van der Waals surface area contributed by atoms with Crippen molar-refractivity contribution in [1.82, 2.24) is 10.2 Å². The summed E-state index contributed by atoms with van der Waals surface area (Å²) in [6.07, 6.45) is -3.97. The Kier molecular flexibility index (Phi) is 10.4. The zero-order chi connectivity index (χ0) is 24.3. The van der Waals surface area contributed by atoms with Gasteiger partial charge in [-0.25, -0.2) is 14.4 Å². The smallest absolute Gasteiger partial charge is 0.480 e. The standard InChI is InChI=1S/C17H23N3O5.C2HF3O2/c18-10-13(15(21)20-9-5-4-8-14(20)16(22)23)19-17(24)25-11-12-6-2-1-3-7-12;3-2(4,5)1(6)7/h1-3,6-7,13-14H,4-5,8-11,18H2,(H,19,24)(H,22,23);(H,6,7)/t13-,14?;/m0./s1. The van der Waals surface area contributed by atoms with E-state index in [9.17, 15) is 32.7 Å². The SMILES string of the molecule is NC[C@H](NC(=O)OCc1ccccc1)C(=O)N1CCCCC1C(=O)O.O=C(O)C(F)(F)F. The van der Waals surface area contributed by atoms with E-state index < -0.39 is 42.2 Å². The van der Waals surface area contributed by atoms with Gasteiger partial charge in [0.25, 0.3) is 0 Å². The van der Waals surface area contributed by atoms with Crippen LogP contribution in [-0.4, -0.2) is 70.4 Å². The molecule has 0 saturated carbocycles. The monoisotopic (exact) mass is 463 g/mol. The van der Waals surface area contributed by atoms with Gasteiger partial charge in [-0.2, -0.15) is 13.2 Å². The Hall–Kier alpha value is -3.35. The first kappa shape index (κ1) is 26.7. The Morgan fingerprint density at radius 3 is 2.25 bits per heavy atom. The number of aliphatic carboxylic acids is 2. The van der Waals surface area contributed by atoms with Gasteiger partial charge in [-0.05, 0) is 24.8 Å². The number of alkyl carbamates (subject to hydrolysis) is 1. The van der Waals surface area contributed by atoms with Gasteiger partial charge in [-0.15, -0.1) is 0 Å². The van der Waals surface area contributed by atoms with Crippen molar-refractivity contribution in [3.8, 4) is 0 Å². The summed E-state index contributed by atoms with van der Waals surface area (Å²) in [5, 5.41) is 18.8. The Bertz CT molecular complexity index is 790. The van der Waals surface area contributed by atoms with Crippen LogP contribution >= 0.6 is 0 Å². The molecule has 1 fully saturated rings. The lowest BCUT2D eigenvalue weighted by atomic mass is 10.0. The van der Waals surface area contributed by atoms with Crippen LogP contribution in [0.2, 0.25) is 0 Å². The molecule has 0 spiro atoms. The molecule has 0 bridgehead atoms. The number of nitrogens with zero attached hydrogens (tertiary/aromatic N) is 1. The third-order valence-corrected chi connectivity index (χ3v) is 4.35. The molecular weight excluding hydrogens is 439 g/mol. The molecule has 1 aliphatic heterocycles. The zero-order valence-corrected chi connectivity index (χ0v) is 16.9. The number of piperidine rings is 1. The van der Waals surface area contributed by atoms with Gasteiger partial charge < -0.3 is 30.9 Å². The van der Waals surface area contributed by atoms with E-state index in [2.05, 4.69) is 5.32 Å². The molecule has 0 aliphatic carbocycles. The normalized spacial score (nSPS) is 16.8. The molecule has 1 unspecified atom stereocenters. The second-order valence-electron chi connectivity index (χ2n) is 6.68. The summed E-state index contributed by atoms with van der Waals surface area (Å²) < 4.78 is 36.8. The van der Waals surface area contributed by atoms with E-state index in [0.29, 0.717) is 13.0 Å². The number of hydrogen-bond acceptors (Lipinski definition) is 6. The van der Waals surface area contributed by atoms with E-state index in [4.69, 9.17) is 20.4 Å². The van der Waals surface area contributed by atoms with Gasteiger partial charge in [0.2, 0.25) is 5.91 Å². The van der Waals surface area contributed by atoms with Gasteiger partial charge >= 0.3 is 24.2 Å². The van der Waals surface area contributed by atoms with Gasteiger partial charge in [-0.3, -0.25) is 4.79 Å². The van der Waals surface area contributed by atoms with Crippen molar-refractivity contribution >= 4 is 23.9 Å². The molecule has 2 atom stereocenters. The molecule has 2 amide bonds. The summed E-state index contributed by atoms with van der Waals surface area (Å²) >= 11 is 0. The van der Waals surface area contributed by atoms with Crippen LogP contribution in [0.1, 0.15) is 24.8 Å². The lowest BCUT2D eigenvalue weighted by Gasteiger charge is -2.35. The summed E-state index contributed by atoms with van der Waals surface area (Å²) in [5.74, 6) is -4.30. The summed E-state index contributed by atoms with van der Waals surface area (Å²) in [5.41, 5.74) is 6.41. The molecule has 32 heavy (non-hydrogen) atoms. The first-order chi connectivity index (χ1) is 15.0. The van der Waals surface area contributed by atoms with Crippen LogP contribution in [0, 0.1) is 0 Å². The maximum atomic E-state index is 12.6. The number of carboxylic acid groups (broad SMARTS) is 2. The van der Waals surface area contributed by atoms with Gasteiger partial charge in [0, 0.05) is 13.1 Å². The van der Waals surface area contributed by atoms with E-state index in [1.165, 1.54) is 4.90 Å². The minimum absolute atomic E-state index is 0.0691. The quantitative estimate of drug-likeness (QED) is 0.492. The van der Waals surface area contributed by atoms with E-state index in [-0.39, 0.29) is 13.2 Å². The summed E-state index contributed by atoms with van der Waals surface area (Å²) in [4.78, 5) is 46.0. The predicted molar refractivity (Wildman–Crippen MR) is 103 cm³/mol. The lowest BCUT2D eigenvalue weighted by Crippen LogP contribution is -2.57. The largest absolute Gasteiger partial charge is 0.490 e. The fourth-order valence-corrected chi connectivity index (χ4v) is 2.78. The van der Waals surface area contributed by atoms with Crippen molar-refractivity contribution < 1.29 is 47.3 Å². The van der Waals surface area contributed by atoms with Crippen molar-refractivity contribution in [2.75, 3.05) is 13.1 Å². The Balaban J connectivity index is 0.000000633. The number of benzene rings is 1. The minimum Gasteiger partial charge on any atom is -0.480 e. The summed E-state index contributed by atoms with van der Waals surface area (Å²) in [6, 6.07) is 7.23. The van der Waals surface area contributed by atoms with Crippen molar-refractivity contribution in [3.63, 3.8) is 0 Å². The van der Waals surface area contributed by atoms with Crippen LogP contribution in [0.3, 0.4) is 0 Å². The van der Waals surface area contributed by atoms with E-state index in [1.54, 1.807) is 0 Å². The van der Waals surface area contributed by atoms with Crippen LogP contribution in [0.4, 0.5) is 18.0 Å². The Labute approximate surface area is 181 Å². The van der Waals surface area contributed by atoms with Crippen molar-refractivity contribution in [2.24, 2.45) is 5.73 Å². The Morgan fingerprint density at radius 1 is 1.16 bits per heavy atom. The first-order valence-electron chi connectivity index (χ1n) is 9.48. The van der Waals surface area contributed by atoms with Gasteiger partial charge in [-0.1, -0.05) is 30.3 Å². The molecule has 2 rings (SSSR count). The molecular formula is C19H24F3N3O7. The highest BCUT2D eigenvalue weighted by Gasteiger charge is 2.38. The van der Waals surface area contributed by atoms with Crippen LogP contribution in [-0.2, 0) is 25.7 Å². The predicted octanol–water partition coefficient (Wildman–Crippen LogP) is 1.34. The van der Waals surface area contributed by atoms with Crippen molar-refractivity contribution in [1.29, 1.82) is 0 Å². The average Bonchev–Trinajstić information content (AvgIpc) is 2.76. The molecule has 178 valence electrons. The molecule has 1 aromatic rings. The van der Waals surface area contributed by atoms with Crippen molar-refractivity contribution in [2.45, 2.75) is 44.1 Å². The average molecular weight is 463 g/mol. The number of alkyl halides is 3. The number of nitrogens with one attached hydrogen (secondary N) is 1. The van der Waals surface area contributed by atoms with E-state index in [1.807, 2.05) is 30.3 Å². The van der Waals surface area contributed by atoms with Gasteiger partial charge in [0.05, 0.1) is 0 Å². The number of carbonyl (C=O) groups excluding carboxylic acids is 2. The van der Waals surface area contributed by atoms with Crippen LogP contribution in [0.15, 0.2) is 30.3 Å². The minimum atomic E-state index is -5.08. The fraction of sp³-hybridized carbons (Fsp3) is 0.474. The van der Waals surface area contributed by atoms with E-state index in [0.717, 1.165) is 18.4 Å². The number of nitrogens with two attached hydrogens (primary N) is 1. The summed E-state index contributed by atoms with van der Waals surface area (Å²) in [6.45, 7) is 0.273. The third-order valence-electron chi connectivity index (χ3n) is 4.35. The molecule has 1 saturated heterocycles. The maximum Gasteiger partial charge on any atom is 0.490 e. The summed E-state index contributed by atoms with van der Waals surface area (Å²) in [7, 11) is 0. The second kappa shape index (κ2) is 12.5. The van der Waals surface area contributed by atoms with Gasteiger partial charge in [0.15, 0.2) is 0 Å². The number of carboxylic acids is 2. The lowest BCUT2D eigenvalue weighted by molar-refractivity contribution is -0.192. The zero-order valence-electron chi connectivity index (χ0n) is 16.9.